The number of rotatable bonds is 4. The maximum atomic E-state index is 12.3. The summed E-state index contributed by atoms with van der Waals surface area (Å²) in [6, 6.07) is 3.60. The molecule has 3 N–H and O–H groups in total. The fourth-order valence-electron chi connectivity index (χ4n) is 1.85. The van der Waals surface area contributed by atoms with Gasteiger partial charge in [0.1, 0.15) is 5.82 Å². The Morgan fingerprint density at radius 3 is 2.45 bits per heavy atom. The molecule has 0 aliphatic rings. The summed E-state index contributed by atoms with van der Waals surface area (Å²) in [5.41, 5.74) is 7.10. The molecule has 4 heteroatoms. The first-order valence-corrected chi connectivity index (χ1v) is 7.24. The number of carbonyl (C=O) groups is 1. The van der Waals surface area contributed by atoms with Gasteiger partial charge in [-0.2, -0.15) is 0 Å². The van der Waals surface area contributed by atoms with Crippen LogP contribution in [0.5, 0.6) is 0 Å². The van der Waals surface area contributed by atoms with Crippen LogP contribution >= 0.6 is 0 Å². The summed E-state index contributed by atoms with van der Waals surface area (Å²) in [5.74, 6) is 0.747. The average Bonchev–Trinajstić information content (AvgIpc) is 2.35. The van der Waals surface area contributed by atoms with Crippen molar-refractivity contribution in [2.45, 2.75) is 59.4 Å². The molecule has 1 rings (SSSR count). The summed E-state index contributed by atoms with van der Waals surface area (Å²) in [6.45, 7) is 12.4. The van der Waals surface area contributed by atoms with Gasteiger partial charge in [-0.1, -0.05) is 41.0 Å². The molecule has 112 valence electrons. The second-order valence-corrected chi connectivity index (χ2v) is 6.56. The number of pyridine rings is 1. The Hall–Kier alpha value is -1.58. The first kappa shape index (κ1) is 16.5. The van der Waals surface area contributed by atoms with E-state index in [2.05, 4.69) is 44.9 Å². The molecule has 1 aromatic heterocycles. The molecule has 0 bridgehead atoms. The van der Waals surface area contributed by atoms with Crippen LogP contribution in [0.1, 0.15) is 64.0 Å². The SMILES string of the molecule is CCC(C)C(C)NC(=O)c1cc(N)nc(C(C)(C)C)c1. The van der Waals surface area contributed by atoms with Crippen molar-refractivity contribution in [2.75, 3.05) is 5.73 Å². The van der Waals surface area contributed by atoms with Gasteiger partial charge in [-0.3, -0.25) is 4.79 Å². The summed E-state index contributed by atoms with van der Waals surface area (Å²) in [6.07, 6.45) is 1.03. The lowest BCUT2D eigenvalue weighted by atomic mass is 9.90. The summed E-state index contributed by atoms with van der Waals surface area (Å²) in [4.78, 5) is 16.6. The minimum Gasteiger partial charge on any atom is -0.384 e. The Labute approximate surface area is 122 Å². The molecular formula is C16H27N3O. The number of aromatic nitrogens is 1. The van der Waals surface area contributed by atoms with Gasteiger partial charge < -0.3 is 11.1 Å². The van der Waals surface area contributed by atoms with Crippen molar-refractivity contribution in [1.82, 2.24) is 10.3 Å². The molecule has 20 heavy (non-hydrogen) atoms. The van der Waals surface area contributed by atoms with E-state index in [-0.39, 0.29) is 17.4 Å². The minimum absolute atomic E-state index is 0.0857. The highest BCUT2D eigenvalue weighted by molar-refractivity contribution is 5.95. The molecule has 1 amide bonds. The van der Waals surface area contributed by atoms with Crippen LogP contribution in [0.25, 0.3) is 0 Å². The van der Waals surface area contributed by atoms with E-state index in [1.165, 1.54) is 0 Å². The standard InChI is InChI=1S/C16H27N3O/c1-7-10(2)11(3)18-15(20)12-8-13(16(4,5)6)19-14(17)9-12/h8-11H,7H2,1-6H3,(H2,17,19)(H,18,20). The Bertz CT molecular complexity index is 477. The highest BCUT2D eigenvalue weighted by atomic mass is 16.1. The molecule has 0 radical (unpaired) electrons. The summed E-state index contributed by atoms with van der Waals surface area (Å²) in [7, 11) is 0. The van der Waals surface area contributed by atoms with Crippen LogP contribution in [0.2, 0.25) is 0 Å². The third kappa shape index (κ3) is 4.22. The Kier molecular flexibility index (Phi) is 5.15. The van der Waals surface area contributed by atoms with Gasteiger partial charge in [0.05, 0.1) is 0 Å². The number of carbonyl (C=O) groups excluding carboxylic acids is 1. The second kappa shape index (κ2) is 6.25. The molecule has 0 aromatic carbocycles. The smallest absolute Gasteiger partial charge is 0.251 e. The van der Waals surface area contributed by atoms with Gasteiger partial charge in [0.2, 0.25) is 0 Å². The van der Waals surface area contributed by atoms with Gasteiger partial charge >= 0.3 is 0 Å². The van der Waals surface area contributed by atoms with Crippen molar-refractivity contribution in [3.8, 4) is 0 Å². The molecule has 2 unspecified atom stereocenters. The van der Waals surface area contributed by atoms with Crippen LogP contribution in [0, 0.1) is 5.92 Å². The van der Waals surface area contributed by atoms with Gasteiger partial charge in [0, 0.05) is 22.7 Å². The molecule has 0 aliphatic heterocycles. The quantitative estimate of drug-likeness (QED) is 0.888. The first-order chi connectivity index (χ1) is 9.15. The van der Waals surface area contributed by atoms with Gasteiger partial charge in [0.25, 0.3) is 5.91 Å². The number of hydrogen-bond donors (Lipinski definition) is 2. The van der Waals surface area contributed by atoms with E-state index in [1.807, 2.05) is 13.0 Å². The molecular weight excluding hydrogens is 250 g/mol. The highest BCUT2D eigenvalue weighted by Crippen LogP contribution is 2.22. The number of nitrogens with two attached hydrogens (primary N) is 1. The van der Waals surface area contributed by atoms with Gasteiger partial charge in [0.15, 0.2) is 0 Å². The lowest BCUT2D eigenvalue weighted by Gasteiger charge is -2.22. The van der Waals surface area contributed by atoms with Crippen LogP contribution in [0.3, 0.4) is 0 Å². The molecule has 0 spiro atoms. The van der Waals surface area contributed by atoms with Crippen molar-refractivity contribution in [1.29, 1.82) is 0 Å². The Morgan fingerprint density at radius 1 is 1.35 bits per heavy atom. The van der Waals surface area contributed by atoms with Crippen molar-refractivity contribution in [3.05, 3.63) is 23.4 Å². The molecule has 0 fully saturated rings. The monoisotopic (exact) mass is 277 g/mol. The number of hydrogen-bond acceptors (Lipinski definition) is 3. The molecule has 2 atom stereocenters. The van der Waals surface area contributed by atoms with Crippen LogP contribution in [0.15, 0.2) is 12.1 Å². The van der Waals surface area contributed by atoms with Crippen LogP contribution < -0.4 is 11.1 Å². The Morgan fingerprint density at radius 2 is 1.95 bits per heavy atom. The number of anilines is 1. The van der Waals surface area contributed by atoms with E-state index < -0.39 is 0 Å². The minimum atomic E-state index is -0.132. The molecule has 1 aromatic rings. The summed E-state index contributed by atoms with van der Waals surface area (Å²) in [5, 5.41) is 3.03. The van der Waals surface area contributed by atoms with E-state index in [4.69, 9.17) is 5.73 Å². The molecule has 0 saturated carbocycles. The Balaban J connectivity index is 2.97. The van der Waals surface area contributed by atoms with E-state index in [1.54, 1.807) is 6.07 Å². The van der Waals surface area contributed by atoms with Crippen molar-refractivity contribution >= 4 is 11.7 Å². The maximum absolute atomic E-state index is 12.3. The average molecular weight is 277 g/mol. The van der Waals surface area contributed by atoms with Crippen molar-refractivity contribution < 1.29 is 4.79 Å². The van der Waals surface area contributed by atoms with E-state index in [0.29, 0.717) is 17.3 Å². The lowest BCUT2D eigenvalue weighted by Crippen LogP contribution is -2.37. The van der Waals surface area contributed by atoms with Gasteiger partial charge in [-0.25, -0.2) is 4.98 Å². The van der Waals surface area contributed by atoms with E-state index in [0.717, 1.165) is 12.1 Å². The lowest BCUT2D eigenvalue weighted by molar-refractivity contribution is 0.0928. The van der Waals surface area contributed by atoms with Crippen LogP contribution in [-0.2, 0) is 5.41 Å². The van der Waals surface area contributed by atoms with Crippen LogP contribution in [0.4, 0.5) is 5.82 Å². The number of nitrogen functional groups attached to an aromatic ring is 1. The predicted octanol–water partition coefficient (Wildman–Crippen LogP) is 3.13. The number of nitrogens with zero attached hydrogens (tertiary/aromatic N) is 1. The zero-order valence-corrected chi connectivity index (χ0v) is 13.4. The fourth-order valence-corrected chi connectivity index (χ4v) is 1.85. The highest BCUT2D eigenvalue weighted by Gasteiger charge is 2.20. The molecule has 0 aliphatic carbocycles. The fraction of sp³-hybridized carbons (Fsp3) is 0.625. The van der Waals surface area contributed by atoms with E-state index in [9.17, 15) is 4.79 Å². The van der Waals surface area contributed by atoms with Gasteiger partial charge in [-0.05, 0) is 25.0 Å². The van der Waals surface area contributed by atoms with Crippen molar-refractivity contribution in [2.24, 2.45) is 5.92 Å². The molecule has 4 nitrogen and oxygen atoms in total. The maximum Gasteiger partial charge on any atom is 0.251 e. The third-order valence-electron chi connectivity index (χ3n) is 3.73. The predicted molar refractivity (Wildman–Crippen MR) is 83.7 cm³/mol. The summed E-state index contributed by atoms with van der Waals surface area (Å²) >= 11 is 0. The largest absolute Gasteiger partial charge is 0.384 e. The number of nitrogens with one attached hydrogen (secondary N) is 1. The zero-order valence-electron chi connectivity index (χ0n) is 13.4. The van der Waals surface area contributed by atoms with Gasteiger partial charge in [-0.15, -0.1) is 0 Å². The second-order valence-electron chi connectivity index (χ2n) is 6.56. The third-order valence-corrected chi connectivity index (χ3v) is 3.73. The normalized spacial score (nSPS) is 14.7. The van der Waals surface area contributed by atoms with Crippen LogP contribution in [-0.4, -0.2) is 16.9 Å². The number of amides is 1. The molecule has 0 saturated heterocycles. The van der Waals surface area contributed by atoms with E-state index >= 15 is 0 Å². The first-order valence-electron chi connectivity index (χ1n) is 7.24. The molecule has 1 heterocycles. The van der Waals surface area contributed by atoms with Crippen molar-refractivity contribution in [3.63, 3.8) is 0 Å². The topological polar surface area (TPSA) is 68.0 Å². The zero-order chi connectivity index (χ0) is 15.5. The summed E-state index contributed by atoms with van der Waals surface area (Å²) < 4.78 is 0.